The molecule has 0 bridgehead atoms. The quantitative estimate of drug-likeness (QED) is 0.611. The van der Waals surface area contributed by atoms with E-state index in [-0.39, 0.29) is 11.7 Å². The van der Waals surface area contributed by atoms with Gasteiger partial charge in [-0.15, -0.1) is 0 Å². The lowest BCUT2D eigenvalue weighted by molar-refractivity contribution is 0.0690. The summed E-state index contributed by atoms with van der Waals surface area (Å²) < 4.78 is 11.4. The first kappa shape index (κ1) is 16.4. The van der Waals surface area contributed by atoms with Crippen molar-refractivity contribution in [3.8, 4) is 11.5 Å². The van der Waals surface area contributed by atoms with Crippen molar-refractivity contribution >= 4 is 5.97 Å². The van der Waals surface area contributed by atoms with Crippen LogP contribution in [0.3, 0.4) is 0 Å². The molecule has 1 aromatic carbocycles. The van der Waals surface area contributed by atoms with E-state index in [1.807, 2.05) is 13.0 Å². The van der Waals surface area contributed by atoms with E-state index in [2.05, 4.69) is 13.5 Å². The lowest BCUT2D eigenvalue weighted by Gasteiger charge is -2.14. The third-order valence-electron chi connectivity index (χ3n) is 4.11. The molecule has 0 radical (unpaired) electrons. The molecule has 120 valence electrons. The van der Waals surface area contributed by atoms with Gasteiger partial charge < -0.3 is 14.6 Å². The summed E-state index contributed by atoms with van der Waals surface area (Å²) in [5.41, 5.74) is 2.81. The van der Waals surface area contributed by atoms with Gasteiger partial charge in [-0.2, -0.15) is 0 Å². The molecule has 0 spiro atoms. The molecule has 0 aromatic heterocycles. The summed E-state index contributed by atoms with van der Waals surface area (Å²) in [6, 6.07) is 1.86. The van der Waals surface area contributed by atoms with Gasteiger partial charge >= 0.3 is 5.97 Å². The molecule has 0 unspecified atom stereocenters. The van der Waals surface area contributed by atoms with Gasteiger partial charge in [-0.25, -0.2) is 4.79 Å². The molecule has 1 atom stereocenters. The minimum atomic E-state index is -0.937. The van der Waals surface area contributed by atoms with Gasteiger partial charge in [0.2, 0.25) is 0 Å². The largest absolute Gasteiger partial charge is 0.496 e. The van der Waals surface area contributed by atoms with Crippen molar-refractivity contribution < 1.29 is 19.4 Å². The van der Waals surface area contributed by atoms with E-state index in [0.717, 1.165) is 48.1 Å². The lowest BCUT2D eigenvalue weighted by atomic mass is 9.95. The van der Waals surface area contributed by atoms with Crippen LogP contribution in [0.2, 0.25) is 0 Å². The van der Waals surface area contributed by atoms with Gasteiger partial charge in [-0.3, -0.25) is 0 Å². The number of hydrogen-bond acceptors (Lipinski definition) is 3. The molecule has 4 heteroatoms. The molecule has 0 aliphatic carbocycles. The maximum atomic E-state index is 11.7. The van der Waals surface area contributed by atoms with Crippen molar-refractivity contribution in [2.45, 2.75) is 52.1 Å². The highest BCUT2D eigenvalue weighted by Crippen LogP contribution is 2.42. The van der Waals surface area contributed by atoms with Gasteiger partial charge in [0.1, 0.15) is 23.2 Å². The van der Waals surface area contributed by atoms with Gasteiger partial charge in [-0.1, -0.05) is 26.3 Å². The summed E-state index contributed by atoms with van der Waals surface area (Å²) in [4.78, 5) is 11.7. The molecule has 4 nitrogen and oxygen atoms in total. The number of carboxylic acid groups (broad SMARTS) is 1. The molecule has 0 fully saturated rings. The Morgan fingerprint density at radius 2 is 2.23 bits per heavy atom. The molecular weight excluding hydrogens is 280 g/mol. The highest BCUT2D eigenvalue weighted by Gasteiger charge is 2.33. The SMILES string of the molecule is C=C(C)[C@@H]1Cc2c(OC)cc(CCCCC)c(C(=O)O)c2O1. The third-order valence-corrected chi connectivity index (χ3v) is 4.11. The maximum Gasteiger partial charge on any atom is 0.339 e. The first-order chi connectivity index (χ1) is 10.5. The average Bonchev–Trinajstić information content (AvgIpc) is 2.91. The van der Waals surface area contributed by atoms with Crippen LogP contribution in [0.5, 0.6) is 11.5 Å². The van der Waals surface area contributed by atoms with Crippen LogP contribution in [-0.2, 0) is 12.8 Å². The van der Waals surface area contributed by atoms with Crippen LogP contribution in [-0.4, -0.2) is 24.3 Å². The predicted molar refractivity (Wildman–Crippen MR) is 86.1 cm³/mol. The van der Waals surface area contributed by atoms with Crippen molar-refractivity contribution in [3.63, 3.8) is 0 Å². The third kappa shape index (κ3) is 3.11. The van der Waals surface area contributed by atoms with Crippen molar-refractivity contribution in [2.75, 3.05) is 7.11 Å². The molecule has 0 saturated heterocycles. The smallest absolute Gasteiger partial charge is 0.339 e. The fourth-order valence-corrected chi connectivity index (χ4v) is 2.87. The van der Waals surface area contributed by atoms with Crippen molar-refractivity contribution in [3.05, 3.63) is 34.9 Å². The number of benzene rings is 1. The van der Waals surface area contributed by atoms with Crippen LogP contribution in [0.4, 0.5) is 0 Å². The van der Waals surface area contributed by atoms with E-state index < -0.39 is 5.97 Å². The zero-order chi connectivity index (χ0) is 16.3. The topological polar surface area (TPSA) is 55.8 Å². The molecule has 22 heavy (non-hydrogen) atoms. The lowest BCUT2D eigenvalue weighted by Crippen LogP contribution is -2.14. The second-order valence-electron chi connectivity index (χ2n) is 5.84. The Bertz CT molecular complexity index is 589. The Balaban J connectivity index is 2.47. The van der Waals surface area contributed by atoms with Gasteiger partial charge in [0, 0.05) is 12.0 Å². The molecule has 2 rings (SSSR count). The van der Waals surface area contributed by atoms with E-state index >= 15 is 0 Å². The van der Waals surface area contributed by atoms with Crippen LogP contribution in [0.1, 0.15) is 54.6 Å². The minimum absolute atomic E-state index is 0.173. The monoisotopic (exact) mass is 304 g/mol. The minimum Gasteiger partial charge on any atom is -0.496 e. The molecule has 0 amide bonds. The van der Waals surface area contributed by atoms with E-state index in [1.165, 1.54) is 0 Å². The Morgan fingerprint density at radius 1 is 1.50 bits per heavy atom. The van der Waals surface area contributed by atoms with Crippen LogP contribution in [0.25, 0.3) is 0 Å². The van der Waals surface area contributed by atoms with E-state index in [9.17, 15) is 9.90 Å². The standard InChI is InChI=1S/C18H24O4/c1-5-6-7-8-12-9-15(21-4)13-10-14(11(2)3)22-17(13)16(12)18(19)20/h9,14H,2,5-8,10H2,1,3-4H3,(H,19,20)/t14-/m0/s1. The molecule has 0 saturated carbocycles. The summed E-state index contributed by atoms with van der Waals surface area (Å²) in [6.07, 6.45) is 4.30. The van der Waals surface area contributed by atoms with Crippen molar-refractivity contribution in [1.29, 1.82) is 0 Å². The molecule has 1 aliphatic heterocycles. The number of carbonyl (C=O) groups is 1. The molecule has 1 heterocycles. The van der Waals surface area contributed by atoms with Crippen LogP contribution in [0.15, 0.2) is 18.2 Å². The van der Waals surface area contributed by atoms with Crippen LogP contribution in [0, 0.1) is 0 Å². The molecule has 1 N–H and O–H groups in total. The zero-order valence-electron chi connectivity index (χ0n) is 13.6. The average molecular weight is 304 g/mol. The van der Waals surface area contributed by atoms with Gasteiger partial charge in [0.05, 0.1) is 7.11 Å². The van der Waals surface area contributed by atoms with Gasteiger partial charge in [-0.05, 0) is 37.0 Å². The van der Waals surface area contributed by atoms with E-state index in [1.54, 1.807) is 7.11 Å². The number of rotatable bonds is 7. The van der Waals surface area contributed by atoms with Crippen molar-refractivity contribution in [2.24, 2.45) is 0 Å². The Labute approximate surface area is 131 Å². The Hall–Kier alpha value is -1.97. The number of unbranched alkanes of at least 4 members (excludes halogenated alkanes) is 2. The number of carboxylic acids is 1. The first-order valence-corrected chi connectivity index (χ1v) is 7.77. The van der Waals surface area contributed by atoms with E-state index in [0.29, 0.717) is 12.2 Å². The highest BCUT2D eigenvalue weighted by molar-refractivity contribution is 5.94. The zero-order valence-corrected chi connectivity index (χ0v) is 13.6. The Morgan fingerprint density at radius 3 is 2.77 bits per heavy atom. The summed E-state index contributed by atoms with van der Waals surface area (Å²) in [5, 5.41) is 9.63. The van der Waals surface area contributed by atoms with Crippen LogP contribution < -0.4 is 9.47 Å². The van der Waals surface area contributed by atoms with E-state index in [4.69, 9.17) is 9.47 Å². The molecule has 1 aromatic rings. The summed E-state index contributed by atoms with van der Waals surface area (Å²) in [7, 11) is 1.61. The fourth-order valence-electron chi connectivity index (χ4n) is 2.87. The Kier molecular flexibility index (Phi) is 5.11. The summed E-state index contributed by atoms with van der Waals surface area (Å²) in [6.45, 7) is 7.94. The highest BCUT2D eigenvalue weighted by atomic mass is 16.5. The predicted octanol–water partition coefficient (Wildman–Crippen LogP) is 4.01. The van der Waals surface area contributed by atoms with Gasteiger partial charge in [0.25, 0.3) is 0 Å². The van der Waals surface area contributed by atoms with Crippen molar-refractivity contribution in [1.82, 2.24) is 0 Å². The maximum absolute atomic E-state index is 11.7. The van der Waals surface area contributed by atoms with Gasteiger partial charge in [0.15, 0.2) is 0 Å². The summed E-state index contributed by atoms with van der Waals surface area (Å²) >= 11 is 0. The number of methoxy groups -OCH3 is 1. The molecule has 1 aliphatic rings. The summed E-state index contributed by atoms with van der Waals surface area (Å²) in [5.74, 6) is 0.245. The molecular formula is C18H24O4. The number of hydrogen-bond donors (Lipinski definition) is 1. The first-order valence-electron chi connectivity index (χ1n) is 7.77. The van der Waals surface area contributed by atoms with Crippen LogP contribution >= 0.6 is 0 Å². The number of aryl methyl sites for hydroxylation is 1. The number of ether oxygens (including phenoxy) is 2. The second kappa shape index (κ2) is 6.86. The normalized spacial score (nSPS) is 16.0. The second-order valence-corrected chi connectivity index (χ2v) is 5.84. The number of aromatic carboxylic acids is 1. The number of fused-ring (bicyclic) bond motifs is 1. The fraction of sp³-hybridized carbons (Fsp3) is 0.500.